The highest BCUT2D eigenvalue weighted by Gasteiger charge is 2.58. The number of esters is 1. The van der Waals surface area contributed by atoms with E-state index in [9.17, 15) is 9.59 Å². The summed E-state index contributed by atoms with van der Waals surface area (Å²) in [4.78, 5) is 24.5. The number of carbonyl (C=O) groups is 2. The lowest BCUT2D eigenvalue weighted by Gasteiger charge is -2.57. The fourth-order valence-electron chi connectivity index (χ4n) is 8.15. The van der Waals surface area contributed by atoms with Crippen LogP contribution in [0.15, 0.2) is 47.6 Å². The van der Waals surface area contributed by atoms with Crippen LogP contribution in [0.4, 0.5) is 0 Å². The fourth-order valence-corrected chi connectivity index (χ4v) is 8.15. The van der Waals surface area contributed by atoms with Crippen molar-refractivity contribution < 1.29 is 14.3 Å². The van der Waals surface area contributed by atoms with Gasteiger partial charge in [0.25, 0.3) is 0 Å². The zero-order chi connectivity index (χ0) is 22.7. The van der Waals surface area contributed by atoms with E-state index in [0.717, 1.165) is 44.1 Å². The standard InChI is InChI=1S/C29H36O3/c1-18(30)27-24(20-8-6-5-7-9-20)17-26-23-11-10-21-16-22(32-19(2)31)12-14-28(21,3)25(23)13-15-29(26,27)4/h5-10,22-23,25-26H,11-17H2,1-4H3/t22-,23-,25+,26+,28+,29+/m1/s1. The Bertz CT molecular complexity index is 1000. The first-order chi connectivity index (χ1) is 15.2. The van der Waals surface area contributed by atoms with E-state index in [-0.39, 0.29) is 28.7 Å². The van der Waals surface area contributed by atoms with Crippen LogP contribution in [0.2, 0.25) is 0 Å². The predicted molar refractivity (Wildman–Crippen MR) is 127 cm³/mol. The Balaban J connectivity index is 1.48. The van der Waals surface area contributed by atoms with Crippen LogP contribution >= 0.6 is 0 Å². The van der Waals surface area contributed by atoms with Crippen molar-refractivity contribution in [2.75, 3.05) is 0 Å². The van der Waals surface area contributed by atoms with Crippen LogP contribution in [0.1, 0.15) is 78.2 Å². The molecule has 0 unspecified atom stereocenters. The van der Waals surface area contributed by atoms with Crippen LogP contribution in [-0.4, -0.2) is 17.9 Å². The molecule has 2 fully saturated rings. The van der Waals surface area contributed by atoms with Gasteiger partial charge < -0.3 is 4.74 Å². The molecule has 0 spiro atoms. The summed E-state index contributed by atoms with van der Waals surface area (Å²) in [6.07, 6.45) is 9.87. The highest BCUT2D eigenvalue weighted by Crippen LogP contribution is 2.67. The van der Waals surface area contributed by atoms with Crippen molar-refractivity contribution in [2.24, 2.45) is 28.6 Å². The molecule has 2 saturated carbocycles. The zero-order valence-electron chi connectivity index (χ0n) is 19.9. The zero-order valence-corrected chi connectivity index (χ0v) is 19.9. The number of ketones is 1. The van der Waals surface area contributed by atoms with E-state index in [1.54, 1.807) is 6.92 Å². The van der Waals surface area contributed by atoms with E-state index in [0.29, 0.717) is 17.8 Å². The summed E-state index contributed by atoms with van der Waals surface area (Å²) >= 11 is 0. The topological polar surface area (TPSA) is 43.4 Å². The van der Waals surface area contributed by atoms with Crippen LogP contribution in [-0.2, 0) is 14.3 Å². The molecule has 0 N–H and O–H groups in total. The molecule has 4 aliphatic rings. The summed E-state index contributed by atoms with van der Waals surface area (Å²) in [5, 5.41) is 0. The number of rotatable bonds is 3. The van der Waals surface area contributed by atoms with E-state index in [4.69, 9.17) is 4.74 Å². The first-order valence-corrected chi connectivity index (χ1v) is 12.4. The molecule has 5 rings (SSSR count). The van der Waals surface area contributed by atoms with E-state index < -0.39 is 0 Å². The number of fused-ring (bicyclic) bond motifs is 5. The molecule has 1 aromatic rings. The third kappa shape index (κ3) is 3.23. The number of benzene rings is 1. The highest BCUT2D eigenvalue weighted by atomic mass is 16.5. The van der Waals surface area contributed by atoms with Gasteiger partial charge in [-0.25, -0.2) is 0 Å². The van der Waals surface area contributed by atoms with Gasteiger partial charge in [-0.15, -0.1) is 0 Å². The molecule has 6 atom stereocenters. The van der Waals surface area contributed by atoms with Crippen LogP contribution in [0.25, 0.3) is 5.57 Å². The smallest absolute Gasteiger partial charge is 0.302 e. The van der Waals surface area contributed by atoms with Crippen molar-refractivity contribution in [3.63, 3.8) is 0 Å². The quantitative estimate of drug-likeness (QED) is 0.403. The Morgan fingerprint density at radius 3 is 2.34 bits per heavy atom. The van der Waals surface area contributed by atoms with Crippen molar-refractivity contribution in [2.45, 2.75) is 78.7 Å². The highest BCUT2D eigenvalue weighted by molar-refractivity contribution is 6.03. The van der Waals surface area contributed by atoms with E-state index in [2.05, 4.69) is 50.3 Å². The second-order valence-corrected chi connectivity index (χ2v) is 11.2. The lowest BCUT2D eigenvalue weighted by atomic mass is 9.47. The van der Waals surface area contributed by atoms with Gasteiger partial charge in [0, 0.05) is 18.9 Å². The summed E-state index contributed by atoms with van der Waals surface area (Å²) in [7, 11) is 0. The molecule has 0 aromatic heterocycles. The molecule has 170 valence electrons. The average molecular weight is 433 g/mol. The van der Waals surface area contributed by atoms with Gasteiger partial charge in [-0.2, -0.15) is 0 Å². The van der Waals surface area contributed by atoms with Crippen molar-refractivity contribution >= 4 is 17.3 Å². The number of carbonyl (C=O) groups excluding carboxylic acids is 2. The molecule has 0 amide bonds. The Hall–Kier alpha value is -2.16. The minimum atomic E-state index is -0.163. The summed E-state index contributed by atoms with van der Waals surface area (Å²) in [5.41, 5.74) is 5.32. The molecule has 0 aliphatic heterocycles. The van der Waals surface area contributed by atoms with Gasteiger partial charge in [-0.3, -0.25) is 9.59 Å². The Labute approximate surface area is 192 Å². The SMILES string of the molecule is CC(=O)O[C@@H]1CC[C@@]2(C)C(=CC[C@@H]3[C@@H]2CC[C@]2(C)C(C(C)=O)=C(c4ccccc4)C[C@@H]32)C1. The minimum absolute atomic E-state index is 0.0190. The Morgan fingerprint density at radius 1 is 0.938 bits per heavy atom. The molecule has 4 aliphatic carbocycles. The maximum Gasteiger partial charge on any atom is 0.302 e. The molecule has 0 radical (unpaired) electrons. The van der Waals surface area contributed by atoms with Crippen LogP contribution in [0.3, 0.4) is 0 Å². The van der Waals surface area contributed by atoms with E-state index in [1.807, 2.05) is 0 Å². The molecule has 3 nitrogen and oxygen atoms in total. The molecule has 3 heteroatoms. The Morgan fingerprint density at radius 2 is 1.66 bits per heavy atom. The van der Waals surface area contributed by atoms with Gasteiger partial charge in [0.05, 0.1) is 0 Å². The third-order valence-electron chi connectivity index (χ3n) is 9.55. The first-order valence-electron chi connectivity index (χ1n) is 12.4. The van der Waals surface area contributed by atoms with Gasteiger partial charge in [-0.05, 0) is 85.2 Å². The van der Waals surface area contributed by atoms with Gasteiger partial charge >= 0.3 is 5.97 Å². The molecular weight excluding hydrogens is 396 g/mol. The molecule has 32 heavy (non-hydrogen) atoms. The van der Waals surface area contributed by atoms with Gasteiger partial charge in [0.1, 0.15) is 6.10 Å². The largest absolute Gasteiger partial charge is 0.462 e. The lowest BCUT2D eigenvalue weighted by molar-refractivity contribution is -0.148. The average Bonchev–Trinajstić information content (AvgIpc) is 3.08. The van der Waals surface area contributed by atoms with E-state index >= 15 is 0 Å². The minimum Gasteiger partial charge on any atom is -0.462 e. The number of ether oxygens (including phenoxy) is 1. The summed E-state index contributed by atoms with van der Waals surface area (Å²) in [5.74, 6) is 1.89. The molecule has 0 saturated heterocycles. The number of Topliss-reactive ketones (excluding diaryl/α,β-unsaturated/α-hetero) is 1. The second kappa shape index (κ2) is 7.71. The molecule has 1 aromatic carbocycles. The van der Waals surface area contributed by atoms with Crippen molar-refractivity contribution in [3.8, 4) is 0 Å². The number of allylic oxidation sites excluding steroid dienone is 3. The van der Waals surface area contributed by atoms with Crippen molar-refractivity contribution in [1.29, 1.82) is 0 Å². The predicted octanol–water partition coefficient (Wildman–Crippen LogP) is 6.53. The number of hydrogen-bond acceptors (Lipinski definition) is 3. The molecule has 0 bridgehead atoms. The maximum absolute atomic E-state index is 13.0. The monoisotopic (exact) mass is 432 g/mol. The van der Waals surface area contributed by atoms with Crippen molar-refractivity contribution in [3.05, 3.63) is 53.1 Å². The van der Waals surface area contributed by atoms with Gasteiger partial charge in [0.2, 0.25) is 0 Å². The fraction of sp³-hybridized carbons (Fsp3) is 0.586. The summed E-state index contributed by atoms with van der Waals surface area (Å²) < 4.78 is 5.59. The third-order valence-corrected chi connectivity index (χ3v) is 9.55. The Kier molecular flexibility index (Phi) is 5.22. The van der Waals surface area contributed by atoms with Gasteiger partial charge in [-0.1, -0.05) is 55.8 Å². The second-order valence-electron chi connectivity index (χ2n) is 11.2. The normalized spacial score (nSPS) is 38.3. The summed E-state index contributed by atoms with van der Waals surface area (Å²) in [6, 6.07) is 10.6. The van der Waals surface area contributed by atoms with Crippen LogP contribution < -0.4 is 0 Å². The summed E-state index contributed by atoms with van der Waals surface area (Å²) in [6.45, 7) is 8.13. The van der Waals surface area contributed by atoms with Gasteiger partial charge in [0.15, 0.2) is 5.78 Å². The molecular formula is C29H36O3. The van der Waals surface area contributed by atoms with Crippen LogP contribution in [0.5, 0.6) is 0 Å². The van der Waals surface area contributed by atoms with Crippen molar-refractivity contribution in [1.82, 2.24) is 0 Å². The first kappa shape index (κ1) is 21.7. The number of hydrogen-bond donors (Lipinski definition) is 0. The van der Waals surface area contributed by atoms with Crippen LogP contribution in [0, 0.1) is 28.6 Å². The molecule has 0 heterocycles. The lowest BCUT2D eigenvalue weighted by Crippen LogP contribution is -2.50. The van der Waals surface area contributed by atoms with E-state index in [1.165, 1.54) is 30.1 Å². The maximum atomic E-state index is 13.0.